The molecule has 3 rings (SSSR count). The molecule has 124 valence electrons. The fourth-order valence-electron chi connectivity index (χ4n) is 3.71. The summed E-state index contributed by atoms with van der Waals surface area (Å²) in [5.41, 5.74) is 2.96. The summed E-state index contributed by atoms with van der Waals surface area (Å²) in [5.74, 6) is 1.73. The van der Waals surface area contributed by atoms with Crippen LogP contribution in [0.3, 0.4) is 0 Å². The van der Waals surface area contributed by atoms with E-state index < -0.39 is 0 Å². The third-order valence-electron chi connectivity index (χ3n) is 4.99. The van der Waals surface area contributed by atoms with Crippen molar-refractivity contribution in [1.29, 1.82) is 0 Å². The summed E-state index contributed by atoms with van der Waals surface area (Å²) < 4.78 is 5.58. The maximum absolute atomic E-state index is 5.58. The number of hydrogen-bond donors (Lipinski definition) is 0. The minimum atomic E-state index is 0.650. The van der Waals surface area contributed by atoms with Gasteiger partial charge in [-0.2, -0.15) is 0 Å². The first-order valence-electron chi connectivity index (χ1n) is 8.72. The molecule has 0 N–H and O–H groups in total. The van der Waals surface area contributed by atoms with Crippen molar-refractivity contribution < 1.29 is 4.74 Å². The molecule has 3 heteroatoms. The van der Waals surface area contributed by atoms with Crippen LogP contribution < -0.4 is 4.74 Å². The van der Waals surface area contributed by atoms with Gasteiger partial charge in [0.15, 0.2) is 0 Å². The Morgan fingerprint density at radius 1 is 1.26 bits per heavy atom. The molecular formula is C20H27NOS. The zero-order chi connectivity index (χ0) is 16.1. The fraction of sp³-hybridized carbons (Fsp3) is 0.500. The predicted octanol–water partition coefficient (Wildman–Crippen LogP) is 4.74. The molecule has 1 aromatic heterocycles. The molecule has 2 aromatic rings. The van der Waals surface area contributed by atoms with E-state index in [1.807, 2.05) is 11.3 Å². The van der Waals surface area contributed by atoms with Gasteiger partial charge < -0.3 is 9.64 Å². The Bertz CT molecular complexity index is 608. The number of hydrogen-bond acceptors (Lipinski definition) is 3. The van der Waals surface area contributed by atoms with Crippen molar-refractivity contribution in [2.45, 2.75) is 38.5 Å². The second-order valence-electron chi connectivity index (χ2n) is 6.34. The molecule has 0 fully saturated rings. The first-order chi connectivity index (χ1) is 11.3. The van der Waals surface area contributed by atoms with Crippen LogP contribution in [0.2, 0.25) is 0 Å². The van der Waals surface area contributed by atoms with Crippen molar-refractivity contribution in [3.63, 3.8) is 0 Å². The lowest BCUT2D eigenvalue weighted by molar-refractivity contribution is 0.262. The molecule has 2 nitrogen and oxygen atoms in total. The molecule has 0 spiro atoms. The topological polar surface area (TPSA) is 12.5 Å². The van der Waals surface area contributed by atoms with Gasteiger partial charge in [0.1, 0.15) is 5.75 Å². The lowest BCUT2D eigenvalue weighted by Crippen LogP contribution is -2.31. The Morgan fingerprint density at radius 2 is 2.17 bits per heavy atom. The Labute approximate surface area is 144 Å². The number of benzene rings is 1. The van der Waals surface area contributed by atoms with Gasteiger partial charge in [-0.1, -0.05) is 25.1 Å². The van der Waals surface area contributed by atoms with Crippen LogP contribution in [-0.2, 0) is 12.8 Å². The van der Waals surface area contributed by atoms with E-state index in [2.05, 4.69) is 47.5 Å². The van der Waals surface area contributed by atoms with E-state index >= 15 is 0 Å². The monoisotopic (exact) mass is 329 g/mol. The van der Waals surface area contributed by atoms with Crippen LogP contribution in [0.4, 0.5) is 0 Å². The Hall–Kier alpha value is -1.32. The molecule has 1 aromatic carbocycles. The minimum absolute atomic E-state index is 0.650. The zero-order valence-corrected chi connectivity index (χ0v) is 15.1. The number of fused-ring (bicyclic) bond motifs is 1. The molecule has 1 unspecified atom stereocenters. The number of nitrogens with zero attached hydrogens (tertiary/aromatic N) is 1. The number of likely N-dealkylation sites (N-methyl/N-ethyl adjacent to an activating group) is 1. The molecule has 0 saturated heterocycles. The Morgan fingerprint density at radius 3 is 2.91 bits per heavy atom. The standard InChI is InChI=1S/C20H27NOS/c1-3-21(13-12-17-8-6-14-23-17)15-16-7-4-10-19-18(16)9-5-11-20(19)22-2/h5-6,8-9,11,14,16H,3-4,7,10,12-13,15H2,1-2H3. The van der Waals surface area contributed by atoms with E-state index in [1.54, 1.807) is 7.11 Å². The van der Waals surface area contributed by atoms with Crippen molar-refractivity contribution in [2.75, 3.05) is 26.7 Å². The van der Waals surface area contributed by atoms with Crippen molar-refractivity contribution in [2.24, 2.45) is 0 Å². The molecule has 1 aliphatic rings. The van der Waals surface area contributed by atoms with Gasteiger partial charge in [0.25, 0.3) is 0 Å². The molecule has 1 heterocycles. The van der Waals surface area contributed by atoms with Gasteiger partial charge in [0, 0.05) is 18.0 Å². The second kappa shape index (κ2) is 7.98. The number of rotatable bonds is 7. The van der Waals surface area contributed by atoms with Crippen molar-refractivity contribution >= 4 is 11.3 Å². The number of methoxy groups -OCH3 is 1. The Balaban J connectivity index is 1.67. The van der Waals surface area contributed by atoms with E-state index in [-0.39, 0.29) is 0 Å². The van der Waals surface area contributed by atoms with Crippen LogP contribution in [0, 0.1) is 0 Å². The highest BCUT2D eigenvalue weighted by molar-refractivity contribution is 7.09. The normalized spacial score (nSPS) is 17.3. The molecule has 23 heavy (non-hydrogen) atoms. The molecule has 1 aliphatic carbocycles. The van der Waals surface area contributed by atoms with Gasteiger partial charge in [-0.25, -0.2) is 0 Å². The summed E-state index contributed by atoms with van der Waals surface area (Å²) in [4.78, 5) is 4.10. The van der Waals surface area contributed by atoms with E-state index in [9.17, 15) is 0 Å². The minimum Gasteiger partial charge on any atom is -0.496 e. The van der Waals surface area contributed by atoms with Crippen LogP contribution in [0.1, 0.15) is 41.7 Å². The third-order valence-corrected chi connectivity index (χ3v) is 5.92. The lowest BCUT2D eigenvalue weighted by Gasteiger charge is -2.31. The van der Waals surface area contributed by atoms with Gasteiger partial charge in [-0.3, -0.25) is 0 Å². The molecule has 0 aliphatic heterocycles. The van der Waals surface area contributed by atoms with Gasteiger partial charge in [0.05, 0.1) is 7.11 Å². The summed E-state index contributed by atoms with van der Waals surface area (Å²) in [7, 11) is 1.79. The third kappa shape index (κ3) is 3.96. The zero-order valence-electron chi connectivity index (χ0n) is 14.3. The van der Waals surface area contributed by atoms with Crippen molar-refractivity contribution in [3.8, 4) is 5.75 Å². The van der Waals surface area contributed by atoms with Crippen molar-refractivity contribution in [3.05, 3.63) is 51.7 Å². The van der Waals surface area contributed by atoms with Gasteiger partial charge in [-0.15, -0.1) is 11.3 Å². The maximum atomic E-state index is 5.58. The van der Waals surface area contributed by atoms with E-state index in [4.69, 9.17) is 4.74 Å². The van der Waals surface area contributed by atoms with Crippen molar-refractivity contribution in [1.82, 2.24) is 4.90 Å². The van der Waals surface area contributed by atoms with Crippen LogP contribution in [0.5, 0.6) is 5.75 Å². The van der Waals surface area contributed by atoms with Gasteiger partial charge >= 0.3 is 0 Å². The largest absolute Gasteiger partial charge is 0.496 e. The lowest BCUT2D eigenvalue weighted by atomic mass is 9.82. The molecule has 0 amide bonds. The predicted molar refractivity (Wildman–Crippen MR) is 98.8 cm³/mol. The fourth-order valence-corrected chi connectivity index (χ4v) is 4.41. The van der Waals surface area contributed by atoms with Crippen LogP contribution in [0.25, 0.3) is 0 Å². The first-order valence-corrected chi connectivity index (χ1v) is 9.60. The molecule has 1 atom stereocenters. The molecule has 0 bridgehead atoms. The highest BCUT2D eigenvalue weighted by Crippen LogP contribution is 2.37. The van der Waals surface area contributed by atoms with Crippen LogP contribution in [0.15, 0.2) is 35.7 Å². The first kappa shape index (κ1) is 16.5. The van der Waals surface area contributed by atoms with Crippen LogP contribution >= 0.6 is 11.3 Å². The average Bonchev–Trinajstić information content (AvgIpc) is 3.11. The summed E-state index contributed by atoms with van der Waals surface area (Å²) in [5, 5.41) is 2.18. The second-order valence-corrected chi connectivity index (χ2v) is 7.37. The highest BCUT2D eigenvalue weighted by Gasteiger charge is 2.24. The maximum Gasteiger partial charge on any atom is 0.122 e. The van der Waals surface area contributed by atoms with E-state index in [0.29, 0.717) is 5.92 Å². The Kier molecular flexibility index (Phi) is 5.74. The van der Waals surface area contributed by atoms with Gasteiger partial charge in [-0.05, 0) is 66.8 Å². The average molecular weight is 330 g/mol. The van der Waals surface area contributed by atoms with E-state index in [1.165, 1.54) is 41.8 Å². The summed E-state index contributed by atoms with van der Waals surface area (Å²) in [6.07, 6.45) is 4.91. The summed E-state index contributed by atoms with van der Waals surface area (Å²) in [6.45, 7) is 5.74. The highest BCUT2D eigenvalue weighted by atomic mass is 32.1. The summed E-state index contributed by atoms with van der Waals surface area (Å²) in [6, 6.07) is 11.0. The quantitative estimate of drug-likeness (QED) is 0.727. The molecule has 0 radical (unpaired) electrons. The van der Waals surface area contributed by atoms with Gasteiger partial charge in [0.2, 0.25) is 0 Å². The molecular weight excluding hydrogens is 302 g/mol. The van der Waals surface area contributed by atoms with E-state index in [0.717, 1.165) is 25.3 Å². The SMILES string of the molecule is CCN(CCc1cccs1)CC1CCCc2c(OC)cccc21. The number of ether oxygens (including phenoxy) is 1. The van der Waals surface area contributed by atoms with Crippen LogP contribution in [-0.4, -0.2) is 31.6 Å². The smallest absolute Gasteiger partial charge is 0.122 e. The summed E-state index contributed by atoms with van der Waals surface area (Å²) >= 11 is 1.87. The molecule has 0 saturated carbocycles. The number of thiophene rings is 1.